The summed E-state index contributed by atoms with van der Waals surface area (Å²) in [6.45, 7) is 6.26. The average molecular weight is 271 g/mol. The minimum absolute atomic E-state index is 0.0705. The standard InChI is InChI=1S/C14H19ClO3/c1-4-10(3)12-8-11(15)6-7-13(12)18-9-14(16)17-5-2/h6-8,10H,4-5,9H2,1-3H3. The predicted molar refractivity (Wildman–Crippen MR) is 72.3 cm³/mol. The van der Waals surface area contributed by atoms with Crippen molar-refractivity contribution in [1.29, 1.82) is 0 Å². The molecule has 0 aliphatic heterocycles. The first-order valence-electron chi connectivity index (χ1n) is 6.16. The topological polar surface area (TPSA) is 35.5 Å². The van der Waals surface area contributed by atoms with E-state index in [9.17, 15) is 4.79 Å². The summed E-state index contributed by atoms with van der Waals surface area (Å²) in [4.78, 5) is 11.3. The number of benzene rings is 1. The van der Waals surface area contributed by atoms with Gasteiger partial charge in [0, 0.05) is 5.02 Å². The van der Waals surface area contributed by atoms with E-state index in [2.05, 4.69) is 13.8 Å². The van der Waals surface area contributed by atoms with Crippen LogP contribution in [0, 0.1) is 0 Å². The second kappa shape index (κ2) is 7.27. The largest absolute Gasteiger partial charge is 0.482 e. The van der Waals surface area contributed by atoms with Gasteiger partial charge in [-0.05, 0) is 43.0 Å². The number of hydrogen-bond donors (Lipinski definition) is 0. The molecule has 100 valence electrons. The lowest BCUT2D eigenvalue weighted by atomic mass is 9.98. The summed E-state index contributed by atoms with van der Waals surface area (Å²) >= 11 is 5.98. The fourth-order valence-corrected chi connectivity index (χ4v) is 1.78. The number of hydrogen-bond acceptors (Lipinski definition) is 3. The van der Waals surface area contributed by atoms with Crippen LogP contribution in [0.15, 0.2) is 18.2 Å². The number of carbonyl (C=O) groups excluding carboxylic acids is 1. The zero-order valence-corrected chi connectivity index (χ0v) is 11.8. The van der Waals surface area contributed by atoms with Gasteiger partial charge in [0.15, 0.2) is 6.61 Å². The van der Waals surface area contributed by atoms with Gasteiger partial charge in [-0.1, -0.05) is 25.4 Å². The van der Waals surface area contributed by atoms with Crippen LogP contribution in [-0.4, -0.2) is 19.2 Å². The molecule has 0 aliphatic carbocycles. The van der Waals surface area contributed by atoms with Crippen molar-refractivity contribution in [1.82, 2.24) is 0 Å². The van der Waals surface area contributed by atoms with Crippen molar-refractivity contribution < 1.29 is 14.3 Å². The molecule has 0 saturated heterocycles. The molecule has 0 N–H and O–H groups in total. The van der Waals surface area contributed by atoms with Crippen molar-refractivity contribution in [3.05, 3.63) is 28.8 Å². The summed E-state index contributed by atoms with van der Waals surface area (Å²) in [5.74, 6) is 0.672. The summed E-state index contributed by atoms with van der Waals surface area (Å²) < 4.78 is 10.3. The summed E-state index contributed by atoms with van der Waals surface area (Å²) in [5, 5.41) is 0.675. The molecule has 0 bridgehead atoms. The monoisotopic (exact) mass is 270 g/mol. The van der Waals surface area contributed by atoms with E-state index in [1.165, 1.54) is 0 Å². The molecule has 0 aromatic heterocycles. The maximum atomic E-state index is 11.3. The van der Waals surface area contributed by atoms with E-state index < -0.39 is 0 Å². The van der Waals surface area contributed by atoms with Crippen LogP contribution in [0.5, 0.6) is 5.75 Å². The third kappa shape index (κ3) is 4.22. The zero-order valence-electron chi connectivity index (χ0n) is 11.0. The molecule has 1 aromatic rings. The molecule has 0 amide bonds. The van der Waals surface area contributed by atoms with Crippen LogP contribution >= 0.6 is 11.6 Å². The first kappa shape index (κ1) is 14.8. The van der Waals surface area contributed by atoms with Crippen LogP contribution in [-0.2, 0) is 9.53 Å². The second-order valence-electron chi connectivity index (χ2n) is 4.09. The van der Waals surface area contributed by atoms with Gasteiger partial charge in [0.1, 0.15) is 5.75 Å². The van der Waals surface area contributed by atoms with Crippen molar-refractivity contribution in [3.8, 4) is 5.75 Å². The van der Waals surface area contributed by atoms with Gasteiger partial charge in [-0.15, -0.1) is 0 Å². The molecule has 0 saturated carbocycles. The average Bonchev–Trinajstić information content (AvgIpc) is 2.36. The van der Waals surface area contributed by atoms with Crippen molar-refractivity contribution in [2.45, 2.75) is 33.1 Å². The van der Waals surface area contributed by atoms with E-state index in [-0.39, 0.29) is 12.6 Å². The molecule has 1 rings (SSSR count). The Hall–Kier alpha value is -1.22. The van der Waals surface area contributed by atoms with Crippen molar-refractivity contribution in [3.63, 3.8) is 0 Å². The van der Waals surface area contributed by atoms with Gasteiger partial charge in [-0.2, -0.15) is 0 Å². The maximum Gasteiger partial charge on any atom is 0.344 e. The summed E-state index contributed by atoms with van der Waals surface area (Å²) in [6, 6.07) is 5.44. The van der Waals surface area contributed by atoms with Crippen molar-refractivity contribution in [2.24, 2.45) is 0 Å². The van der Waals surface area contributed by atoms with Crippen LogP contribution in [0.25, 0.3) is 0 Å². The highest BCUT2D eigenvalue weighted by molar-refractivity contribution is 6.30. The number of ether oxygens (including phenoxy) is 2. The van der Waals surface area contributed by atoms with Crippen LogP contribution in [0.4, 0.5) is 0 Å². The van der Waals surface area contributed by atoms with Gasteiger partial charge in [-0.25, -0.2) is 4.79 Å². The van der Waals surface area contributed by atoms with Gasteiger partial charge in [0.05, 0.1) is 6.61 Å². The van der Waals surface area contributed by atoms with Gasteiger partial charge >= 0.3 is 5.97 Å². The summed E-state index contributed by atoms with van der Waals surface area (Å²) in [7, 11) is 0. The first-order valence-corrected chi connectivity index (χ1v) is 6.54. The second-order valence-corrected chi connectivity index (χ2v) is 4.52. The molecule has 0 spiro atoms. The highest BCUT2D eigenvalue weighted by Crippen LogP contribution is 2.31. The predicted octanol–water partition coefficient (Wildman–Crippen LogP) is 3.80. The smallest absolute Gasteiger partial charge is 0.344 e. The molecule has 4 heteroatoms. The lowest BCUT2D eigenvalue weighted by Crippen LogP contribution is -2.15. The van der Waals surface area contributed by atoms with E-state index in [0.717, 1.165) is 12.0 Å². The molecule has 0 fully saturated rings. The van der Waals surface area contributed by atoms with E-state index in [0.29, 0.717) is 23.3 Å². The third-order valence-electron chi connectivity index (χ3n) is 2.77. The normalized spacial score (nSPS) is 12.0. The Balaban J connectivity index is 2.78. The quantitative estimate of drug-likeness (QED) is 0.738. The fraction of sp³-hybridized carbons (Fsp3) is 0.500. The molecule has 1 unspecified atom stereocenters. The van der Waals surface area contributed by atoms with E-state index in [1.807, 2.05) is 6.07 Å². The Labute approximate surface area is 113 Å². The summed E-state index contributed by atoms with van der Waals surface area (Å²) in [6.07, 6.45) is 0.982. The number of halogens is 1. The van der Waals surface area contributed by atoms with Gasteiger partial charge in [-0.3, -0.25) is 0 Å². The minimum atomic E-state index is -0.359. The zero-order chi connectivity index (χ0) is 13.5. The third-order valence-corrected chi connectivity index (χ3v) is 3.00. The Morgan fingerprint density at radius 1 is 1.39 bits per heavy atom. The van der Waals surface area contributed by atoms with Crippen LogP contribution in [0.3, 0.4) is 0 Å². The lowest BCUT2D eigenvalue weighted by Gasteiger charge is -2.15. The Bertz CT molecular complexity index is 404. The molecule has 0 radical (unpaired) electrons. The van der Waals surface area contributed by atoms with Crippen molar-refractivity contribution in [2.75, 3.05) is 13.2 Å². The molecule has 0 aliphatic rings. The molecule has 3 nitrogen and oxygen atoms in total. The number of carbonyl (C=O) groups is 1. The van der Waals surface area contributed by atoms with Crippen LogP contribution < -0.4 is 4.74 Å². The highest BCUT2D eigenvalue weighted by Gasteiger charge is 2.12. The number of rotatable bonds is 6. The molecular formula is C14H19ClO3. The van der Waals surface area contributed by atoms with Crippen LogP contribution in [0.1, 0.15) is 38.7 Å². The fourth-order valence-electron chi connectivity index (χ4n) is 1.60. The van der Waals surface area contributed by atoms with Crippen molar-refractivity contribution >= 4 is 17.6 Å². The minimum Gasteiger partial charge on any atom is -0.482 e. The Morgan fingerprint density at radius 3 is 2.72 bits per heavy atom. The number of esters is 1. The van der Waals surface area contributed by atoms with E-state index >= 15 is 0 Å². The molecule has 0 heterocycles. The Morgan fingerprint density at radius 2 is 2.11 bits per heavy atom. The maximum absolute atomic E-state index is 11.3. The van der Waals surface area contributed by atoms with Crippen LogP contribution in [0.2, 0.25) is 5.02 Å². The van der Waals surface area contributed by atoms with Gasteiger partial charge < -0.3 is 9.47 Å². The Kier molecular flexibility index (Phi) is 5.99. The van der Waals surface area contributed by atoms with Gasteiger partial charge in [0.2, 0.25) is 0 Å². The lowest BCUT2D eigenvalue weighted by molar-refractivity contribution is -0.145. The first-order chi connectivity index (χ1) is 8.58. The van der Waals surface area contributed by atoms with E-state index in [4.69, 9.17) is 21.1 Å². The SMILES string of the molecule is CCOC(=O)COc1ccc(Cl)cc1C(C)CC. The molecular weight excluding hydrogens is 252 g/mol. The molecule has 18 heavy (non-hydrogen) atoms. The van der Waals surface area contributed by atoms with Gasteiger partial charge in [0.25, 0.3) is 0 Å². The van der Waals surface area contributed by atoms with E-state index in [1.54, 1.807) is 19.1 Å². The summed E-state index contributed by atoms with van der Waals surface area (Å²) in [5.41, 5.74) is 1.02. The highest BCUT2D eigenvalue weighted by atomic mass is 35.5. The molecule has 1 atom stereocenters. The molecule has 1 aromatic carbocycles.